The fraction of sp³-hybridized carbons (Fsp3) is 0.571. The third kappa shape index (κ3) is 2.23. The Morgan fingerprint density at radius 3 is 2.80 bits per heavy atom. The van der Waals surface area contributed by atoms with Gasteiger partial charge in [0.1, 0.15) is 0 Å². The molecule has 1 fully saturated rings. The molecule has 0 spiro atoms. The molecule has 1 nitrogen and oxygen atoms in total. The van der Waals surface area contributed by atoms with E-state index >= 15 is 0 Å². The fourth-order valence-corrected chi connectivity index (χ4v) is 2.53. The van der Waals surface area contributed by atoms with Crippen LogP contribution in [0.25, 0.3) is 0 Å². The topological polar surface area (TPSA) is 12.0 Å². The monoisotopic (exact) mass is 203 g/mol. The van der Waals surface area contributed by atoms with Crippen LogP contribution >= 0.6 is 0 Å². The zero-order valence-corrected chi connectivity index (χ0v) is 10.1. The Morgan fingerprint density at radius 2 is 2.13 bits per heavy atom. The number of aryl methyl sites for hydroxylation is 1. The van der Waals surface area contributed by atoms with Crippen LogP contribution in [0.3, 0.4) is 0 Å². The SMILES string of the molecule is Cc1cccc(CC2(C)CCCN2)c1C. The van der Waals surface area contributed by atoms with Gasteiger partial charge in [0.15, 0.2) is 0 Å². The molecular weight excluding hydrogens is 182 g/mol. The van der Waals surface area contributed by atoms with Gasteiger partial charge < -0.3 is 5.32 Å². The quantitative estimate of drug-likeness (QED) is 0.779. The van der Waals surface area contributed by atoms with Gasteiger partial charge in [0, 0.05) is 5.54 Å². The van der Waals surface area contributed by atoms with Gasteiger partial charge in [-0.1, -0.05) is 18.2 Å². The highest BCUT2D eigenvalue weighted by atomic mass is 15.0. The second-order valence-electron chi connectivity index (χ2n) is 5.13. The van der Waals surface area contributed by atoms with E-state index in [4.69, 9.17) is 0 Å². The van der Waals surface area contributed by atoms with Gasteiger partial charge in [0.25, 0.3) is 0 Å². The summed E-state index contributed by atoms with van der Waals surface area (Å²) in [4.78, 5) is 0. The van der Waals surface area contributed by atoms with E-state index in [1.807, 2.05) is 0 Å². The Kier molecular flexibility index (Phi) is 2.83. The lowest BCUT2D eigenvalue weighted by molar-refractivity contribution is 0.412. The zero-order valence-electron chi connectivity index (χ0n) is 10.1. The van der Waals surface area contributed by atoms with E-state index in [9.17, 15) is 0 Å². The number of rotatable bonds is 2. The smallest absolute Gasteiger partial charge is 0.0194 e. The highest BCUT2D eigenvalue weighted by molar-refractivity contribution is 5.34. The fourth-order valence-electron chi connectivity index (χ4n) is 2.53. The first-order valence-corrected chi connectivity index (χ1v) is 5.91. The molecule has 1 aliphatic heterocycles. The predicted molar refractivity (Wildman–Crippen MR) is 65.3 cm³/mol. The van der Waals surface area contributed by atoms with Gasteiger partial charge in [0.2, 0.25) is 0 Å². The first-order valence-electron chi connectivity index (χ1n) is 5.91. The third-order valence-electron chi connectivity index (χ3n) is 3.75. The van der Waals surface area contributed by atoms with Crippen molar-refractivity contribution >= 4 is 0 Å². The minimum absolute atomic E-state index is 0.332. The summed E-state index contributed by atoms with van der Waals surface area (Å²) < 4.78 is 0. The maximum atomic E-state index is 3.63. The standard InChI is InChI=1S/C14H21N/c1-11-6-4-7-13(12(11)2)10-14(3)8-5-9-15-14/h4,6-7,15H,5,8-10H2,1-3H3. The molecule has 15 heavy (non-hydrogen) atoms. The summed E-state index contributed by atoms with van der Waals surface area (Å²) in [5.41, 5.74) is 4.71. The lowest BCUT2D eigenvalue weighted by Crippen LogP contribution is -2.38. The van der Waals surface area contributed by atoms with Crippen LogP contribution < -0.4 is 5.32 Å². The molecule has 1 unspecified atom stereocenters. The molecule has 0 aromatic heterocycles. The lowest BCUT2D eigenvalue weighted by Gasteiger charge is -2.25. The molecule has 1 saturated heterocycles. The summed E-state index contributed by atoms with van der Waals surface area (Å²) in [6.45, 7) is 7.97. The average molecular weight is 203 g/mol. The number of hydrogen-bond acceptors (Lipinski definition) is 1. The zero-order chi connectivity index (χ0) is 10.9. The second kappa shape index (κ2) is 3.97. The molecule has 0 aliphatic carbocycles. The van der Waals surface area contributed by atoms with Gasteiger partial charge >= 0.3 is 0 Å². The van der Waals surface area contributed by atoms with E-state index in [1.54, 1.807) is 0 Å². The first kappa shape index (κ1) is 10.7. The molecule has 1 aromatic rings. The van der Waals surface area contributed by atoms with E-state index in [1.165, 1.54) is 42.5 Å². The maximum absolute atomic E-state index is 3.63. The molecule has 0 amide bonds. The summed E-state index contributed by atoms with van der Waals surface area (Å²) >= 11 is 0. The van der Waals surface area contributed by atoms with Crippen LogP contribution in [0.1, 0.15) is 36.5 Å². The summed E-state index contributed by atoms with van der Waals surface area (Å²) in [6, 6.07) is 6.65. The molecule has 0 saturated carbocycles. The molecule has 1 aliphatic rings. The van der Waals surface area contributed by atoms with Gasteiger partial charge in [-0.15, -0.1) is 0 Å². The Morgan fingerprint density at radius 1 is 1.33 bits per heavy atom. The molecule has 82 valence electrons. The van der Waals surface area contributed by atoms with E-state index in [0.29, 0.717) is 5.54 Å². The van der Waals surface area contributed by atoms with Crippen LogP contribution in [-0.2, 0) is 6.42 Å². The minimum Gasteiger partial charge on any atom is -0.311 e. The van der Waals surface area contributed by atoms with Crippen LogP contribution in [0.15, 0.2) is 18.2 Å². The molecule has 2 rings (SSSR count). The van der Waals surface area contributed by atoms with Crippen molar-refractivity contribution in [2.75, 3.05) is 6.54 Å². The maximum Gasteiger partial charge on any atom is 0.0194 e. The molecule has 0 bridgehead atoms. The summed E-state index contributed by atoms with van der Waals surface area (Å²) in [5, 5.41) is 3.63. The molecule has 1 aromatic carbocycles. The van der Waals surface area contributed by atoms with Gasteiger partial charge in [0.05, 0.1) is 0 Å². The molecule has 0 radical (unpaired) electrons. The van der Waals surface area contributed by atoms with Crippen molar-refractivity contribution in [2.24, 2.45) is 0 Å². The Balaban J connectivity index is 2.20. The number of nitrogens with one attached hydrogen (secondary N) is 1. The first-order chi connectivity index (χ1) is 7.11. The van der Waals surface area contributed by atoms with Crippen molar-refractivity contribution in [3.63, 3.8) is 0 Å². The summed E-state index contributed by atoms with van der Waals surface area (Å²) in [6.07, 6.45) is 3.79. The van der Waals surface area contributed by atoms with E-state index < -0.39 is 0 Å². The van der Waals surface area contributed by atoms with E-state index in [2.05, 4.69) is 44.3 Å². The highest BCUT2D eigenvalue weighted by Gasteiger charge is 2.28. The Hall–Kier alpha value is -0.820. The Labute approximate surface area is 92.9 Å². The van der Waals surface area contributed by atoms with Crippen LogP contribution in [0.5, 0.6) is 0 Å². The molecule has 1 heteroatoms. The molecule has 1 heterocycles. The van der Waals surface area contributed by atoms with Crippen molar-refractivity contribution in [3.8, 4) is 0 Å². The van der Waals surface area contributed by atoms with Crippen LogP contribution in [0.4, 0.5) is 0 Å². The van der Waals surface area contributed by atoms with E-state index in [-0.39, 0.29) is 0 Å². The summed E-state index contributed by atoms with van der Waals surface area (Å²) in [7, 11) is 0. The third-order valence-corrected chi connectivity index (χ3v) is 3.75. The van der Waals surface area contributed by atoms with Crippen molar-refractivity contribution in [2.45, 2.75) is 45.6 Å². The van der Waals surface area contributed by atoms with Crippen molar-refractivity contribution < 1.29 is 0 Å². The normalized spacial score (nSPS) is 25.8. The van der Waals surface area contributed by atoms with Crippen molar-refractivity contribution in [1.82, 2.24) is 5.32 Å². The van der Waals surface area contributed by atoms with Crippen molar-refractivity contribution in [1.29, 1.82) is 0 Å². The van der Waals surface area contributed by atoms with Crippen LogP contribution in [0, 0.1) is 13.8 Å². The largest absolute Gasteiger partial charge is 0.311 e. The predicted octanol–water partition coefficient (Wildman–Crippen LogP) is 2.99. The molecule has 1 atom stereocenters. The second-order valence-corrected chi connectivity index (χ2v) is 5.13. The summed E-state index contributed by atoms with van der Waals surface area (Å²) in [5.74, 6) is 0. The molecular formula is C14H21N. The van der Waals surface area contributed by atoms with Gasteiger partial charge in [-0.05, 0) is 63.3 Å². The minimum atomic E-state index is 0.332. The van der Waals surface area contributed by atoms with Gasteiger partial charge in [-0.25, -0.2) is 0 Å². The lowest BCUT2D eigenvalue weighted by atomic mass is 9.88. The van der Waals surface area contributed by atoms with E-state index in [0.717, 1.165) is 0 Å². The van der Waals surface area contributed by atoms with Crippen molar-refractivity contribution in [3.05, 3.63) is 34.9 Å². The average Bonchev–Trinajstić information content (AvgIpc) is 2.60. The van der Waals surface area contributed by atoms with Gasteiger partial charge in [-0.3, -0.25) is 0 Å². The Bertz CT molecular complexity index is 348. The highest BCUT2D eigenvalue weighted by Crippen LogP contribution is 2.25. The number of benzene rings is 1. The molecule has 1 N–H and O–H groups in total. The van der Waals surface area contributed by atoms with Gasteiger partial charge in [-0.2, -0.15) is 0 Å². The van der Waals surface area contributed by atoms with Crippen LogP contribution in [-0.4, -0.2) is 12.1 Å². The van der Waals surface area contributed by atoms with Crippen LogP contribution in [0.2, 0.25) is 0 Å². The number of hydrogen-bond donors (Lipinski definition) is 1.